The minimum Gasteiger partial charge on any atom is -0.768 e. The van der Waals surface area contributed by atoms with Crippen molar-refractivity contribution >= 4 is 39.8 Å². The number of nitrogens with zero attached hydrogens (tertiary/aromatic N) is 4. The Morgan fingerprint density at radius 2 is 1.68 bits per heavy atom. The number of aromatic nitrogens is 1. The highest BCUT2D eigenvalue weighted by Gasteiger charge is 2.51. The summed E-state index contributed by atoms with van der Waals surface area (Å²) in [4.78, 5) is 48.7. The number of hydrogen-bond acceptors (Lipinski definition) is 7. The maximum absolute atomic E-state index is 14.2. The molecule has 1 aromatic heterocycles. The molecule has 0 saturated carbocycles. The third-order valence-electron chi connectivity index (χ3n) is 9.28. The van der Waals surface area contributed by atoms with E-state index in [-0.39, 0.29) is 49.7 Å². The smallest absolute Gasteiger partial charge is 0.334 e. The Hall–Kier alpha value is -5.76. The molecular weight excluding hydrogens is 693 g/mol. The van der Waals surface area contributed by atoms with Gasteiger partial charge in [0.1, 0.15) is 18.0 Å². The molecule has 2 aliphatic heterocycles. The highest BCUT2D eigenvalue weighted by Crippen LogP contribution is 2.30. The minimum atomic E-state index is -2.09. The van der Waals surface area contributed by atoms with E-state index in [1.54, 1.807) is 74.4 Å². The highest BCUT2D eigenvalue weighted by atomic mass is 32.2. The average Bonchev–Trinajstić information content (AvgIpc) is 3.56. The number of phenols is 1. The molecule has 0 bridgehead atoms. The van der Waals surface area contributed by atoms with Crippen LogP contribution in [0.1, 0.15) is 22.3 Å². The first-order valence-electron chi connectivity index (χ1n) is 17.2. The van der Waals surface area contributed by atoms with E-state index < -0.39 is 23.3 Å². The third-order valence-corrected chi connectivity index (χ3v) is 9.94. The van der Waals surface area contributed by atoms with Crippen molar-refractivity contribution in [2.45, 2.75) is 43.5 Å². The van der Waals surface area contributed by atoms with Crippen molar-refractivity contribution in [3.8, 4) is 5.75 Å². The number of aryl methyl sites for hydroxylation is 1. The Labute approximate surface area is 310 Å². The molecule has 2 fully saturated rings. The zero-order valence-corrected chi connectivity index (χ0v) is 30.1. The summed E-state index contributed by atoms with van der Waals surface area (Å²) in [7, 11) is 0. The molecule has 3 heterocycles. The first-order valence-corrected chi connectivity index (χ1v) is 18.3. The Morgan fingerprint density at radius 3 is 2.38 bits per heavy atom. The fourth-order valence-electron chi connectivity index (χ4n) is 6.67. The average molecular weight is 734 g/mol. The van der Waals surface area contributed by atoms with Crippen LogP contribution in [-0.4, -0.2) is 88.4 Å². The maximum Gasteiger partial charge on any atom is 0.334 e. The Bertz CT molecular complexity index is 2090. The lowest BCUT2D eigenvalue weighted by molar-refractivity contribution is -0.189. The van der Waals surface area contributed by atoms with E-state index in [4.69, 9.17) is 0 Å². The van der Waals surface area contributed by atoms with Crippen molar-refractivity contribution < 1.29 is 28.3 Å². The van der Waals surface area contributed by atoms with Crippen molar-refractivity contribution in [1.29, 1.82) is 0 Å². The number of rotatable bonds is 9. The number of hydrogen-bond donors (Lipinski definition) is 3. The predicted octanol–water partition coefficient (Wildman–Crippen LogP) is 4.84. The third kappa shape index (κ3) is 8.66. The molecule has 1 unspecified atom stereocenters. The molecule has 0 aliphatic carbocycles. The molecular formula is C40H41N6O6S-. The van der Waals surface area contributed by atoms with Crippen molar-refractivity contribution in [3.63, 3.8) is 0 Å². The van der Waals surface area contributed by atoms with Crippen LogP contribution in [0, 0.1) is 6.92 Å². The molecule has 12 nitrogen and oxygen atoms in total. The quantitative estimate of drug-likeness (QED) is 0.145. The molecule has 3 N–H and O–H groups in total. The number of fused-ring (bicyclic) bond motifs is 2. The number of piperazine rings is 1. The first kappa shape index (κ1) is 37.0. The molecule has 3 atom stereocenters. The van der Waals surface area contributed by atoms with Crippen LogP contribution in [0.4, 0.5) is 4.79 Å². The molecule has 0 spiro atoms. The molecule has 2 aliphatic rings. The highest BCUT2D eigenvalue weighted by molar-refractivity contribution is 7.79. The molecule has 4 amide bonds. The zero-order chi connectivity index (χ0) is 37.5. The Balaban J connectivity index is 0.000000417. The zero-order valence-electron chi connectivity index (χ0n) is 29.3. The van der Waals surface area contributed by atoms with Crippen LogP contribution < -0.4 is 5.32 Å². The summed E-state index contributed by atoms with van der Waals surface area (Å²) in [5.41, 5.74) is 4.72. The van der Waals surface area contributed by atoms with Gasteiger partial charge in [-0.15, -0.1) is 6.58 Å². The van der Waals surface area contributed by atoms with E-state index in [9.17, 15) is 28.3 Å². The van der Waals surface area contributed by atoms with E-state index in [0.717, 1.165) is 33.2 Å². The standard InChI is InChI=1S/C33H34N6O4.C7H8O2S/c1-2-16-37-22-31(41)38-29(17-23-12-14-26(40)15-13-23)32(42)36(20-25-19-34-28-11-7-6-10-27(25)28)21-30(38)39(37)33(43)35-18-24-8-4-3-5-9-24;1-6-2-4-7(5-3-6)10(8)9/h2-15,19,29-30,34,40H,1,16-18,20-22H2,(H,35,43);2-5H,1H3,(H,8,9)/p-1/t29-,30-;/m0./s1. The van der Waals surface area contributed by atoms with Gasteiger partial charge < -0.3 is 29.8 Å². The van der Waals surface area contributed by atoms with Gasteiger partial charge in [-0.3, -0.25) is 13.8 Å². The number of hydrazine groups is 1. The van der Waals surface area contributed by atoms with Gasteiger partial charge in [0.25, 0.3) is 0 Å². The number of aromatic hydroxyl groups is 1. The van der Waals surface area contributed by atoms with Crippen molar-refractivity contribution in [2.24, 2.45) is 0 Å². The number of nitrogens with one attached hydrogen (secondary N) is 2. The van der Waals surface area contributed by atoms with E-state index in [1.807, 2.05) is 67.7 Å². The Kier molecular flexibility index (Phi) is 11.7. The molecule has 0 radical (unpaired) electrons. The number of amides is 4. The van der Waals surface area contributed by atoms with Crippen LogP contribution in [-0.2, 0) is 40.2 Å². The van der Waals surface area contributed by atoms with Crippen LogP contribution in [0.3, 0.4) is 0 Å². The number of phenolic OH excluding ortho intramolecular Hbond substituents is 1. The lowest BCUT2D eigenvalue weighted by Gasteiger charge is -2.55. The van der Waals surface area contributed by atoms with Crippen molar-refractivity contribution in [3.05, 3.63) is 144 Å². The summed E-state index contributed by atoms with van der Waals surface area (Å²) in [6.45, 7) is 6.74. The lowest BCUT2D eigenvalue weighted by Crippen LogP contribution is -2.76. The minimum absolute atomic E-state index is 0.0664. The van der Waals surface area contributed by atoms with Gasteiger partial charge in [0.15, 0.2) is 0 Å². The van der Waals surface area contributed by atoms with Gasteiger partial charge in [-0.2, -0.15) is 0 Å². The second kappa shape index (κ2) is 16.7. The molecule has 7 rings (SSSR count). The van der Waals surface area contributed by atoms with Crippen LogP contribution in [0.5, 0.6) is 5.75 Å². The second-order valence-corrected chi connectivity index (χ2v) is 13.9. The number of benzene rings is 4. The number of carbonyl (C=O) groups excluding carboxylic acids is 3. The van der Waals surface area contributed by atoms with Crippen LogP contribution in [0.2, 0.25) is 0 Å². The second-order valence-electron chi connectivity index (χ2n) is 12.9. The van der Waals surface area contributed by atoms with E-state index in [0.29, 0.717) is 18.0 Å². The molecule has 4 aromatic carbocycles. The topological polar surface area (TPSA) is 152 Å². The molecule has 274 valence electrons. The summed E-state index contributed by atoms with van der Waals surface area (Å²) < 4.78 is 20.6. The Morgan fingerprint density at radius 1 is 0.981 bits per heavy atom. The largest absolute Gasteiger partial charge is 0.768 e. The van der Waals surface area contributed by atoms with Crippen LogP contribution >= 0.6 is 0 Å². The van der Waals surface area contributed by atoms with Gasteiger partial charge >= 0.3 is 6.03 Å². The van der Waals surface area contributed by atoms with Crippen molar-refractivity contribution in [2.75, 3.05) is 19.6 Å². The SMILES string of the molecule is C=CCN1CC(=O)N2[C@@H](Cc3ccc(O)cc3)C(=O)N(Cc3c[nH]c4ccccc34)C[C@@H]2N1C(=O)NCc1ccccc1.Cc1ccc(S(=O)[O-])cc1. The van der Waals surface area contributed by atoms with Crippen LogP contribution in [0.15, 0.2) is 127 Å². The summed E-state index contributed by atoms with van der Waals surface area (Å²) in [6.07, 6.45) is 3.07. The molecule has 53 heavy (non-hydrogen) atoms. The van der Waals surface area contributed by atoms with Gasteiger partial charge in [0, 0.05) is 48.1 Å². The number of urea groups is 1. The molecule has 13 heteroatoms. The summed E-state index contributed by atoms with van der Waals surface area (Å²) in [6, 6.07) is 29.6. The maximum atomic E-state index is 14.2. The first-order chi connectivity index (χ1) is 25.6. The molecule has 2 saturated heterocycles. The van der Waals surface area contributed by atoms with Gasteiger partial charge in [0.2, 0.25) is 11.8 Å². The summed E-state index contributed by atoms with van der Waals surface area (Å²) >= 11 is -2.09. The van der Waals surface area contributed by atoms with E-state index in [2.05, 4.69) is 16.9 Å². The number of carbonyl (C=O) groups is 3. The monoisotopic (exact) mass is 733 g/mol. The summed E-state index contributed by atoms with van der Waals surface area (Å²) in [5.74, 6) is -0.305. The predicted molar refractivity (Wildman–Crippen MR) is 201 cm³/mol. The number of para-hydroxylation sites is 1. The lowest BCUT2D eigenvalue weighted by atomic mass is 9.98. The van der Waals surface area contributed by atoms with E-state index >= 15 is 0 Å². The molecule has 5 aromatic rings. The fraction of sp³-hybridized carbons (Fsp3) is 0.225. The van der Waals surface area contributed by atoms with Crippen molar-refractivity contribution in [1.82, 2.24) is 30.1 Å². The van der Waals surface area contributed by atoms with E-state index in [1.165, 1.54) is 0 Å². The fourth-order valence-corrected chi connectivity index (χ4v) is 7.03. The van der Waals surface area contributed by atoms with Gasteiger partial charge in [-0.25, -0.2) is 14.8 Å². The van der Waals surface area contributed by atoms with Gasteiger partial charge in [-0.1, -0.05) is 84.4 Å². The number of aromatic amines is 1. The van der Waals surface area contributed by atoms with Gasteiger partial charge in [-0.05, 0) is 65.0 Å². The summed E-state index contributed by atoms with van der Waals surface area (Å²) in [5, 5.41) is 17.1. The number of H-pyrrole nitrogens is 1. The normalized spacial score (nSPS) is 17.9. The van der Waals surface area contributed by atoms with Gasteiger partial charge in [0.05, 0.1) is 13.1 Å². The van der Waals surface area contributed by atoms with Crippen LogP contribution in [0.25, 0.3) is 10.9 Å².